The minimum atomic E-state index is -0.895. The zero-order valence-corrected chi connectivity index (χ0v) is 25.1. The SMILES string of the molecule is CCCCN1C(=O)[C@@H]([C@H](O)C(CC)CC)NC(=O)C12CCN(Cc1ccc(NC(=O)Cc3ccc(F)cc3)cc1)CC2. The van der Waals surface area contributed by atoms with Gasteiger partial charge in [0, 0.05) is 31.9 Å². The van der Waals surface area contributed by atoms with Crippen LogP contribution in [0.5, 0.6) is 0 Å². The van der Waals surface area contributed by atoms with Gasteiger partial charge in [0.25, 0.3) is 0 Å². The summed E-state index contributed by atoms with van der Waals surface area (Å²) in [5.41, 5.74) is 1.64. The number of unbranched alkanes of at least 4 members (excludes halogenated alkanes) is 1. The largest absolute Gasteiger partial charge is 0.390 e. The van der Waals surface area contributed by atoms with E-state index < -0.39 is 17.7 Å². The van der Waals surface area contributed by atoms with Gasteiger partial charge in [0.1, 0.15) is 17.4 Å². The maximum absolute atomic E-state index is 13.7. The average molecular weight is 581 g/mol. The monoisotopic (exact) mass is 580 g/mol. The van der Waals surface area contributed by atoms with Crippen LogP contribution in [0.3, 0.4) is 0 Å². The maximum Gasteiger partial charge on any atom is 0.248 e. The van der Waals surface area contributed by atoms with Gasteiger partial charge in [-0.25, -0.2) is 4.39 Å². The van der Waals surface area contributed by atoms with Crippen molar-refractivity contribution in [3.8, 4) is 0 Å². The second kappa shape index (κ2) is 14.2. The Hall–Kier alpha value is -3.30. The smallest absolute Gasteiger partial charge is 0.248 e. The standard InChI is InChI=1S/C33H45FN4O4/c1-4-7-18-38-31(41)29(30(40)25(5-2)6-3)36-32(42)33(38)16-19-37(20-17-33)22-24-10-14-27(15-11-24)35-28(39)21-23-8-12-26(34)13-9-23/h8-15,25,29-30,40H,4-7,16-22H2,1-3H3,(H,35,39)(H,36,42)/t29-,30-/m1/s1. The summed E-state index contributed by atoms with van der Waals surface area (Å²) in [6.07, 6.45) is 3.57. The van der Waals surface area contributed by atoms with E-state index in [1.165, 1.54) is 12.1 Å². The molecule has 2 aliphatic heterocycles. The highest BCUT2D eigenvalue weighted by molar-refractivity contribution is 6.00. The Morgan fingerprint density at radius 1 is 1.02 bits per heavy atom. The number of hydrogen-bond donors (Lipinski definition) is 3. The second-order valence-corrected chi connectivity index (χ2v) is 11.7. The number of hydrogen-bond acceptors (Lipinski definition) is 5. The van der Waals surface area contributed by atoms with Crippen molar-refractivity contribution < 1.29 is 23.9 Å². The van der Waals surface area contributed by atoms with E-state index in [4.69, 9.17) is 0 Å². The summed E-state index contributed by atoms with van der Waals surface area (Å²) >= 11 is 0. The van der Waals surface area contributed by atoms with Gasteiger partial charge in [0.2, 0.25) is 17.7 Å². The van der Waals surface area contributed by atoms with Gasteiger partial charge in [0.05, 0.1) is 12.5 Å². The predicted octanol–water partition coefficient (Wildman–Crippen LogP) is 4.27. The normalized spacial score (nSPS) is 19.7. The number of nitrogens with one attached hydrogen (secondary N) is 2. The quantitative estimate of drug-likeness (QED) is 0.348. The summed E-state index contributed by atoms with van der Waals surface area (Å²) < 4.78 is 13.1. The topological polar surface area (TPSA) is 102 Å². The lowest BCUT2D eigenvalue weighted by Gasteiger charge is -2.52. The molecular weight excluding hydrogens is 535 g/mol. The predicted molar refractivity (Wildman–Crippen MR) is 161 cm³/mol. The van der Waals surface area contributed by atoms with Gasteiger partial charge in [-0.05, 0) is 60.6 Å². The number of carbonyl (C=O) groups excluding carboxylic acids is 3. The fourth-order valence-electron chi connectivity index (χ4n) is 6.28. The van der Waals surface area contributed by atoms with E-state index in [9.17, 15) is 23.9 Å². The number of aliphatic hydroxyl groups is 1. The Morgan fingerprint density at radius 2 is 1.64 bits per heavy atom. The molecule has 2 aliphatic rings. The molecule has 0 aromatic heterocycles. The van der Waals surface area contributed by atoms with Crippen molar-refractivity contribution in [1.29, 1.82) is 0 Å². The molecule has 0 aliphatic carbocycles. The summed E-state index contributed by atoms with van der Waals surface area (Å²) in [6, 6.07) is 12.7. The highest BCUT2D eigenvalue weighted by Crippen LogP contribution is 2.35. The van der Waals surface area contributed by atoms with Gasteiger partial charge < -0.3 is 20.6 Å². The minimum Gasteiger partial charge on any atom is -0.390 e. The van der Waals surface area contributed by atoms with E-state index in [1.54, 1.807) is 17.0 Å². The number of likely N-dealkylation sites (tertiary alicyclic amines) is 1. The van der Waals surface area contributed by atoms with Crippen LogP contribution in [0.4, 0.5) is 10.1 Å². The van der Waals surface area contributed by atoms with Crippen LogP contribution in [0.1, 0.15) is 70.4 Å². The molecule has 2 fully saturated rings. The number of aliphatic hydroxyl groups excluding tert-OH is 1. The Bertz CT molecular complexity index is 1210. The van der Waals surface area contributed by atoms with Crippen LogP contribution in [0.25, 0.3) is 0 Å². The highest BCUT2D eigenvalue weighted by Gasteiger charge is 2.55. The van der Waals surface area contributed by atoms with Crippen molar-refractivity contribution in [3.63, 3.8) is 0 Å². The molecule has 9 heteroatoms. The first-order valence-electron chi connectivity index (χ1n) is 15.4. The van der Waals surface area contributed by atoms with Crippen LogP contribution in [0.15, 0.2) is 48.5 Å². The number of piperidine rings is 1. The molecule has 0 bridgehead atoms. The third kappa shape index (κ3) is 7.18. The number of carbonyl (C=O) groups is 3. The zero-order chi connectivity index (χ0) is 30.3. The molecular formula is C33H45FN4O4. The Kier molecular flexibility index (Phi) is 10.7. The average Bonchev–Trinajstić information content (AvgIpc) is 2.99. The van der Waals surface area contributed by atoms with Crippen LogP contribution in [0, 0.1) is 11.7 Å². The molecule has 42 heavy (non-hydrogen) atoms. The highest BCUT2D eigenvalue weighted by atomic mass is 19.1. The number of benzene rings is 2. The van der Waals surface area contributed by atoms with Crippen molar-refractivity contribution in [2.24, 2.45) is 5.92 Å². The molecule has 2 saturated heterocycles. The molecule has 0 unspecified atom stereocenters. The summed E-state index contributed by atoms with van der Waals surface area (Å²) in [5, 5.41) is 16.8. The molecule has 228 valence electrons. The third-order valence-corrected chi connectivity index (χ3v) is 8.97. The van der Waals surface area contributed by atoms with Gasteiger partial charge in [0.15, 0.2) is 0 Å². The summed E-state index contributed by atoms with van der Waals surface area (Å²) in [5.74, 6) is -0.846. The van der Waals surface area contributed by atoms with Crippen molar-refractivity contribution >= 4 is 23.4 Å². The molecule has 2 aromatic carbocycles. The van der Waals surface area contributed by atoms with Gasteiger partial charge in [-0.2, -0.15) is 0 Å². The van der Waals surface area contributed by atoms with Gasteiger partial charge in [-0.15, -0.1) is 0 Å². The number of halogens is 1. The van der Waals surface area contributed by atoms with Crippen LogP contribution in [0.2, 0.25) is 0 Å². The van der Waals surface area contributed by atoms with E-state index in [2.05, 4.69) is 22.5 Å². The number of rotatable bonds is 12. The third-order valence-electron chi connectivity index (χ3n) is 8.97. The summed E-state index contributed by atoms with van der Waals surface area (Å²) in [4.78, 5) is 43.8. The van der Waals surface area contributed by atoms with E-state index in [1.807, 2.05) is 38.1 Å². The van der Waals surface area contributed by atoms with Crippen LogP contribution in [-0.4, -0.2) is 69.9 Å². The van der Waals surface area contributed by atoms with Crippen molar-refractivity contribution in [2.75, 3.05) is 25.0 Å². The Morgan fingerprint density at radius 3 is 2.24 bits per heavy atom. The maximum atomic E-state index is 13.7. The van der Waals surface area contributed by atoms with Gasteiger partial charge in [-0.3, -0.25) is 19.3 Å². The lowest BCUT2D eigenvalue weighted by atomic mass is 9.79. The first-order chi connectivity index (χ1) is 20.2. The van der Waals surface area contributed by atoms with Crippen LogP contribution >= 0.6 is 0 Å². The number of amides is 3. The minimum absolute atomic E-state index is 0.0438. The van der Waals surface area contributed by atoms with E-state index >= 15 is 0 Å². The van der Waals surface area contributed by atoms with Gasteiger partial charge >= 0.3 is 0 Å². The van der Waals surface area contributed by atoms with Crippen molar-refractivity contribution in [3.05, 3.63) is 65.5 Å². The number of anilines is 1. The van der Waals surface area contributed by atoms with Crippen molar-refractivity contribution in [1.82, 2.24) is 15.1 Å². The molecule has 2 atom stereocenters. The van der Waals surface area contributed by atoms with E-state index in [-0.39, 0.29) is 35.9 Å². The first-order valence-corrected chi connectivity index (χ1v) is 15.4. The molecule has 2 aromatic rings. The number of piperazine rings is 1. The van der Waals surface area contributed by atoms with E-state index in [0.717, 1.165) is 36.8 Å². The molecule has 1 spiro atoms. The Balaban J connectivity index is 1.35. The number of nitrogens with zero attached hydrogens (tertiary/aromatic N) is 2. The molecule has 8 nitrogen and oxygen atoms in total. The lowest BCUT2D eigenvalue weighted by Crippen LogP contribution is -2.75. The fourth-order valence-corrected chi connectivity index (χ4v) is 6.28. The molecule has 2 heterocycles. The second-order valence-electron chi connectivity index (χ2n) is 11.7. The summed E-state index contributed by atoms with van der Waals surface area (Å²) in [6.45, 7) is 8.61. The molecule has 0 saturated carbocycles. The molecule has 4 rings (SSSR count). The van der Waals surface area contributed by atoms with Crippen LogP contribution in [-0.2, 0) is 27.3 Å². The van der Waals surface area contributed by atoms with E-state index in [0.29, 0.717) is 44.7 Å². The Labute approximate surface area is 248 Å². The summed E-state index contributed by atoms with van der Waals surface area (Å²) in [7, 11) is 0. The van der Waals surface area contributed by atoms with Crippen LogP contribution < -0.4 is 10.6 Å². The zero-order valence-electron chi connectivity index (χ0n) is 25.1. The first kappa shape index (κ1) is 31.6. The molecule has 0 radical (unpaired) electrons. The van der Waals surface area contributed by atoms with Crippen molar-refractivity contribution in [2.45, 2.75) is 89.9 Å². The molecule has 3 N–H and O–H groups in total. The fraction of sp³-hybridized carbons (Fsp3) is 0.545. The van der Waals surface area contributed by atoms with Gasteiger partial charge in [-0.1, -0.05) is 64.3 Å². The molecule has 3 amide bonds. The lowest BCUT2D eigenvalue weighted by molar-refractivity contribution is -0.165.